The fourth-order valence-corrected chi connectivity index (χ4v) is 4.89. The van der Waals surface area contributed by atoms with E-state index in [2.05, 4.69) is 17.5 Å². The lowest BCUT2D eigenvalue weighted by atomic mass is 10.0. The first-order valence-corrected chi connectivity index (χ1v) is 9.13. The van der Waals surface area contributed by atoms with Gasteiger partial charge in [-0.2, -0.15) is 5.26 Å². The minimum atomic E-state index is 0. The number of thiophene rings is 1. The van der Waals surface area contributed by atoms with Crippen LogP contribution in [0, 0.1) is 11.3 Å². The Kier molecular flexibility index (Phi) is 6.61. The minimum Gasteiger partial charge on any atom is -0.316 e. The van der Waals surface area contributed by atoms with Gasteiger partial charge in [-0.25, -0.2) is 0 Å². The first-order chi connectivity index (χ1) is 10.3. The minimum absolute atomic E-state index is 0. The van der Waals surface area contributed by atoms with Gasteiger partial charge in [0.1, 0.15) is 6.07 Å². The number of benzene rings is 1. The molecule has 0 atom stereocenters. The van der Waals surface area contributed by atoms with Gasteiger partial charge in [-0.3, -0.25) is 0 Å². The van der Waals surface area contributed by atoms with Crippen molar-refractivity contribution >= 4 is 47.1 Å². The van der Waals surface area contributed by atoms with Crippen molar-refractivity contribution in [1.29, 1.82) is 5.26 Å². The first-order valence-electron chi connectivity index (χ1n) is 6.89. The number of halogens is 2. The van der Waals surface area contributed by atoms with Crippen molar-refractivity contribution in [2.45, 2.75) is 23.5 Å². The molecule has 2 heterocycles. The van der Waals surface area contributed by atoms with Crippen molar-refractivity contribution in [1.82, 2.24) is 5.32 Å². The van der Waals surface area contributed by atoms with Crippen molar-refractivity contribution in [2.75, 3.05) is 13.1 Å². The van der Waals surface area contributed by atoms with Crippen molar-refractivity contribution < 1.29 is 0 Å². The smallest absolute Gasteiger partial charge is 0.100 e. The van der Waals surface area contributed by atoms with Gasteiger partial charge < -0.3 is 5.32 Å². The highest BCUT2D eigenvalue weighted by atomic mass is 35.5. The molecule has 116 valence electrons. The molecule has 22 heavy (non-hydrogen) atoms. The quantitative estimate of drug-likeness (QED) is 0.796. The molecule has 0 bridgehead atoms. The summed E-state index contributed by atoms with van der Waals surface area (Å²) in [5.74, 6) is 0.871. The maximum atomic E-state index is 8.89. The predicted molar refractivity (Wildman–Crippen MR) is 97.6 cm³/mol. The van der Waals surface area contributed by atoms with Crippen LogP contribution in [-0.4, -0.2) is 13.1 Å². The third kappa shape index (κ3) is 3.98. The normalized spacial score (nSPS) is 13.6. The average molecular weight is 371 g/mol. The van der Waals surface area contributed by atoms with Gasteiger partial charge in [0, 0.05) is 20.9 Å². The zero-order valence-electron chi connectivity index (χ0n) is 11.9. The monoisotopic (exact) mass is 370 g/mol. The van der Waals surface area contributed by atoms with Crippen molar-refractivity contribution in [2.24, 2.45) is 0 Å². The van der Waals surface area contributed by atoms with Gasteiger partial charge in [0.05, 0.1) is 10.6 Å². The largest absolute Gasteiger partial charge is 0.316 e. The Morgan fingerprint density at radius 1 is 1.32 bits per heavy atom. The molecule has 1 aromatic heterocycles. The zero-order chi connectivity index (χ0) is 14.7. The van der Waals surface area contributed by atoms with Crippen LogP contribution in [-0.2, 0) is 18.6 Å². The number of nitrogens with zero attached hydrogens (tertiary/aromatic N) is 1. The maximum Gasteiger partial charge on any atom is 0.100 e. The van der Waals surface area contributed by atoms with Crippen molar-refractivity contribution in [3.8, 4) is 6.07 Å². The molecule has 2 aromatic rings. The van der Waals surface area contributed by atoms with Crippen LogP contribution in [0.4, 0.5) is 0 Å². The highest BCUT2D eigenvalue weighted by Crippen LogP contribution is 2.36. The molecule has 0 radical (unpaired) electrons. The Morgan fingerprint density at radius 2 is 2.14 bits per heavy atom. The van der Waals surface area contributed by atoms with E-state index in [4.69, 9.17) is 16.9 Å². The molecular formula is C16H16Cl2N2S2. The fourth-order valence-electron chi connectivity index (χ4n) is 2.52. The third-order valence-corrected chi connectivity index (χ3v) is 6.33. The highest BCUT2D eigenvalue weighted by molar-refractivity contribution is 7.98. The molecule has 1 aliphatic heterocycles. The second kappa shape index (κ2) is 8.24. The summed E-state index contributed by atoms with van der Waals surface area (Å²) in [7, 11) is 0. The van der Waals surface area contributed by atoms with E-state index in [0.717, 1.165) is 42.3 Å². The lowest BCUT2D eigenvalue weighted by Gasteiger charge is -2.13. The molecule has 0 spiro atoms. The van der Waals surface area contributed by atoms with Gasteiger partial charge in [-0.1, -0.05) is 17.7 Å². The summed E-state index contributed by atoms with van der Waals surface area (Å²) >= 11 is 9.85. The molecule has 0 unspecified atom stereocenters. The number of nitriles is 1. The summed E-state index contributed by atoms with van der Waals surface area (Å²) in [5, 5.41) is 15.1. The first kappa shape index (κ1) is 17.7. The maximum absolute atomic E-state index is 8.89. The topological polar surface area (TPSA) is 35.8 Å². The molecule has 0 amide bonds. The fraction of sp³-hybridized carbons (Fsp3) is 0.312. The van der Waals surface area contributed by atoms with Crippen molar-refractivity contribution in [3.05, 3.63) is 50.2 Å². The summed E-state index contributed by atoms with van der Waals surface area (Å²) in [4.78, 5) is 2.43. The molecule has 3 rings (SSSR count). The van der Waals surface area contributed by atoms with Crippen LogP contribution in [0.2, 0.25) is 5.02 Å². The van der Waals surface area contributed by atoms with E-state index in [1.54, 1.807) is 23.1 Å². The van der Waals surface area contributed by atoms with Crippen LogP contribution in [0.15, 0.2) is 28.5 Å². The lowest BCUT2D eigenvalue weighted by Crippen LogP contribution is -2.16. The average Bonchev–Trinajstić information content (AvgIpc) is 2.82. The molecule has 0 fully saturated rings. The van der Waals surface area contributed by atoms with E-state index in [-0.39, 0.29) is 12.4 Å². The molecule has 1 N–H and O–H groups in total. The Labute approximate surface area is 150 Å². The highest BCUT2D eigenvalue weighted by Gasteiger charge is 2.15. The summed E-state index contributed by atoms with van der Waals surface area (Å²) < 4.78 is 0. The molecule has 0 saturated carbocycles. The standard InChI is InChI=1S/C16H15ClN2S2.ClH/c17-15-2-1-12-3-5-19-6-4-14(12)16(15)21-10-13-7-11(8-18)9-20-13;/h1-2,7,9,19H,3-6,10H2;1H. The summed E-state index contributed by atoms with van der Waals surface area (Å²) in [5.41, 5.74) is 3.56. The number of nitrogens with one attached hydrogen (secondary N) is 1. The van der Waals surface area contributed by atoms with Crippen LogP contribution in [0.25, 0.3) is 0 Å². The van der Waals surface area contributed by atoms with Crippen LogP contribution in [0.5, 0.6) is 0 Å². The Bertz CT molecular complexity index is 692. The van der Waals surface area contributed by atoms with E-state index in [1.807, 2.05) is 17.5 Å². The predicted octanol–water partition coefficient (Wildman–Crippen LogP) is 4.68. The molecule has 0 saturated heterocycles. The van der Waals surface area contributed by atoms with Crippen LogP contribution in [0.3, 0.4) is 0 Å². The number of rotatable bonds is 3. The molecule has 0 aliphatic carbocycles. The Balaban J connectivity index is 0.00000176. The van der Waals surface area contributed by atoms with E-state index in [0.29, 0.717) is 0 Å². The Morgan fingerprint density at radius 3 is 2.91 bits per heavy atom. The number of hydrogen-bond acceptors (Lipinski definition) is 4. The molecule has 1 aromatic carbocycles. The van der Waals surface area contributed by atoms with Crippen molar-refractivity contribution in [3.63, 3.8) is 0 Å². The molecule has 6 heteroatoms. The summed E-state index contributed by atoms with van der Waals surface area (Å²) in [6.45, 7) is 2.05. The van der Waals surface area contributed by atoms with Crippen LogP contribution in [0.1, 0.15) is 21.6 Å². The van der Waals surface area contributed by atoms with Gasteiger partial charge in [-0.05, 0) is 49.2 Å². The van der Waals surface area contributed by atoms with Gasteiger partial charge in [0.25, 0.3) is 0 Å². The number of thioether (sulfide) groups is 1. The molecule has 1 aliphatic rings. The van der Waals surface area contributed by atoms with Crippen LogP contribution < -0.4 is 5.32 Å². The molecule has 2 nitrogen and oxygen atoms in total. The van der Waals surface area contributed by atoms with Gasteiger partial charge in [0.2, 0.25) is 0 Å². The van der Waals surface area contributed by atoms with Crippen LogP contribution >= 0.6 is 47.1 Å². The van der Waals surface area contributed by atoms with Gasteiger partial charge >= 0.3 is 0 Å². The summed E-state index contributed by atoms with van der Waals surface area (Å²) in [6, 6.07) is 8.33. The SMILES string of the molecule is Cl.N#Cc1csc(CSc2c(Cl)ccc3c2CCNCC3)c1. The van der Waals surface area contributed by atoms with Gasteiger partial charge in [-0.15, -0.1) is 35.5 Å². The van der Waals surface area contributed by atoms with E-state index in [9.17, 15) is 0 Å². The second-order valence-electron chi connectivity index (χ2n) is 4.97. The molecular weight excluding hydrogens is 355 g/mol. The van der Waals surface area contributed by atoms with Gasteiger partial charge in [0.15, 0.2) is 0 Å². The van der Waals surface area contributed by atoms with E-state index < -0.39 is 0 Å². The number of hydrogen-bond donors (Lipinski definition) is 1. The zero-order valence-corrected chi connectivity index (χ0v) is 15.1. The van der Waals surface area contributed by atoms with E-state index in [1.165, 1.54) is 20.9 Å². The van der Waals surface area contributed by atoms with E-state index >= 15 is 0 Å². The second-order valence-corrected chi connectivity index (χ2v) is 7.35. The lowest BCUT2D eigenvalue weighted by molar-refractivity contribution is 0.709. The Hall–Kier alpha value is -0.700. The number of fused-ring (bicyclic) bond motifs is 1. The third-order valence-electron chi connectivity index (χ3n) is 3.57. The summed E-state index contributed by atoms with van der Waals surface area (Å²) in [6.07, 6.45) is 2.10.